The van der Waals surface area contributed by atoms with E-state index in [0.717, 1.165) is 0 Å². The summed E-state index contributed by atoms with van der Waals surface area (Å²) in [6.07, 6.45) is 0. The van der Waals surface area contributed by atoms with Gasteiger partial charge in [-0.3, -0.25) is 9.88 Å². The topological polar surface area (TPSA) is 38.3 Å². The van der Waals surface area contributed by atoms with Crippen LogP contribution in [0.4, 0.5) is 0 Å². The third-order valence-corrected chi connectivity index (χ3v) is 5.79. The van der Waals surface area contributed by atoms with Gasteiger partial charge in [0.2, 0.25) is 7.37 Å². The first-order valence-corrected chi connectivity index (χ1v) is 7.69. The molecule has 0 amide bonds. The zero-order chi connectivity index (χ0) is 12.7. The maximum Gasteiger partial charge on any atom is 0.248 e. The van der Waals surface area contributed by atoms with Crippen molar-refractivity contribution in [2.45, 2.75) is 32.1 Å². The van der Waals surface area contributed by atoms with E-state index in [1.54, 1.807) is 18.2 Å². The van der Waals surface area contributed by atoms with Crippen molar-refractivity contribution in [2.24, 2.45) is 0 Å². The van der Waals surface area contributed by atoms with Gasteiger partial charge in [0, 0.05) is 15.9 Å². The molecule has 1 fully saturated rings. The van der Waals surface area contributed by atoms with Gasteiger partial charge in [0.1, 0.15) is 0 Å². The number of hydrogen-bond acceptors (Lipinski definition) is 3. The van der Waals surface area contributed by atoms with Crippen molar-refractivity contribution in [1.29, 1.82) is 0 Å². The van der Waals surface area contributed by atoms with Crippen molar-refractivity contribution in [1.82, 2.24) is 5.32 Å². The summed E-state index contributed by atoms with van der Waals surface area (Å²) in [7, 11) is -2.86. The number of nitrogens with one attached hydrogen (secondary N) is 1. The van der Waals surface area contributed by atoms with Crippen molar-refractivity contribution in [2.75, 3.05) is 6.61 Å². The SMILES string of the molecule is C[C@@H]1NC(C)(C)CO[P@@]1(=O)c1cccc(Cl)c1. The van der Waals surface area contributed by atoms with Crippen LogP contribution in [-0.2, 0) is 9.09 Å². The molecule has 0 spiro atoms. The number of rotatable bonds is 1. The highest BCUT2D eigenvalue weighted by molar-refractivity contribution is 7.67. The average Bonchev–Trinajstić information content (AvgIpc) is 2.24. The van der Waals surface area contributed by atoms with Crippen LogP contribution >= 0.6 is 19.0 Å². The van der Waals surface area contributed by atoms with Gasteiger partial charge in [-0.05, 0) is 39.0 Å². The van der Waals surface area contributed by atoms with Crippen LogP contribution in [0.15, 0.2) is 24.3 Å². The van der Waals surface area contributed by atoms with Crippen LogP contribution in [0.3, 0.4) is 0 Å². The highest BCUT2D eigenvalue weighted by Crippen LogP contribution is 2.53. The molecule has 0 bridgehead atoms. The third kappa shape index (κ3) is 2.58. The average molecular weight is 274 g/mol. The van der Waals surface area contributed by atoms with Crippen molar-refractivity contribution in [3.8, 4) is 0 Å². The number of benzene rings is 1. The summed E-state index contributed by atoms with van der Waals surface area (Å²) in [6.45, 7) is 6.39. The minimum atomic E-state index is -2.86. The smallest absolute Gasteiger partial charge is 0.248 e. The van der Waals surface area contributed by atoms with E-state index < -0.39 is 7.37 Å². The van der Waals surface area contributed by atoms with Gasteiger partial charge < -0.3 is 4.52 Å². The molecule has 1 aliphatic heterocycles. The lowest BCUT2D eigenvalue weighted by Gasteiger charge is -2.40. The first-order chi connectivity index (χ1) is 7.83. The fraction of sp³-hybridized carbons (Fsp3) is 0.500. The van der Waals surface area contributed by atoms with Crippen molar-refractivity contribution in [3.63, 3.8) is 0 Å². The predicted octanol–water partition coefficient (Wildman–Crippen LogP) is 2.99. The molecule has 3 nitrogen and oxygen atoms in total. The summed E-state index contributed by atoms with van der Waals surface area (Å²) in [5.74, 6) is -0.204. The Bertz CT molecular complexity index is 475. The number of hydrogen-bond donors (Lipinski definition) is 1. The van der Waals surface area contributed by atoms with Crippen LogP contribution in [0.1, 0.15) is 20.8 Å². The zero-order valence-electron chi connectivity index (χ0n) is 10.2. The first-order valence-electron chi connectivity index (χ1n) is 5.62. The van der Waals surface area contributed by atoms with Crippen LogP contribution in [0.5, 0.6) is 0 Å². The Morgan fingerprint density at radius 1 is 1.53 bits per heavy atom. The van der Waals surface area contributed by atoms with Gasteiger partial charge in [-0.2, -0.15) is 0 Å². The molecule has 1 aliphatic rings. The van der Waals surface area contributed by atoms with E-state index in [4.69, 9.17) is 16.1 Å². The molecule has 2 rings (SSSR count). The van der Waals surface area contributed by atoms with E-state index in [1.165, 1.54) is 0 Å². The van der Waals surface area contributed by atoms with E-state index in [0.29, 0.717) is 16.9 Å². The van der Waals surface area contributed by atoms with Crippen molar-refractivity contribution < 1.29 is 9.09 Å². The maximum atomic E-state index is 12.9. The minimum Gasteiger partial charge on any atom is -0.322 e. The molecule has 1 N–H and O–H groups in total. The molecule has 0 radical (unpaired) electrons. The summed E-state index contributed by atoms with van der Waals surface area (Å²) in [5.41, 5.74) is -0.147. The lowest BCUT2D eigenvalue weighted by molar-refractivity contribution is 0.174. The molecule has 17 heavy (non-hydrogen) atoms. The van der Waals surface area contributed by atoms with Gasteiger partial charge in [-0.15, -0.1) is 0 Å². The second kappa shape index (κ2) is 4.40. The van der Waals surface area contributed by atoms with Gasteiger partial charge in [0.05, 0.1) is 12.4 Å². The lowest BCUT2D eigenvalue weighted by Crippen LogP contribution is -2.53. The lowest BCUT2D eigenvalue weighted by atomic mass is 10.1. The third-order valence-electron chi connectivity index (χ3n) is 2.89. The molecule has 0 saturated carbocycles. The Labute approximate surface area is 107 Å². The summed E-state index contributed by atoms with van der Waals surface area (Å²) >= 11 is 5.93. The molecular formula is C12H17ClNO2P. The Morgan fingerprint density at radius 2 is 2.24 bits per heavy atom. The van der Waals surface area contributed by atoms with Crippen LogP contribution in [0.25, 0.3) is 0 Å². The van der Waals surface area contributed by atoms with Crippen LogP contribution < -0.4 is 10.6 Å². The normalized spacial score (nSPS) is 32.4. The quantitative estimate of drug-likeness (QED) is 0.800. The molecule has 1 aromatic carbocycles. The summed E-state index contributed by atoms with van der Waals surface area (Å²) in [6, 6.07) is 7.10. The summed E-state index contributed by atoms with van der Waals surface area (Å²) in [5, 5.41) is 4.60. The largest absolute Gasteiger partial charge is 0.322 e. The molecule has 94 valence electrons. The summed E-state index contributed by atoms with van der Waals surface area (Å²) in [4.78, 5) is 0. The Hall–Kier alpha value is -0.340. The van der Waals surface area contributed by atoms with Gasteiger partial charge in [0.25, 0.3) is 0 Å². The zero-order valence-corrected chi connectivity index (χ0v) is 11.9. The fourth-order valence-electron chi connectivity index (χ4n) is 2.03. The molecule has 1 aromatic rings. The molecule has 1 saturated heterocycles. The standard InChI is InChI=1S/C12H17ClNO2P/c1-9-14-12(2,3)8-16-17(9,15)11-6-4-5-10(13)7-11/h4-7,9,14H,8H2,1-3H3/t9-,17-/m1/s1. The number of halogens is 1. The van der Waals surface area contributed by atoms with Crippen LogP contribution in [0.2, 0.25) is 5.02 Å². The Morgan fingerprint density at radius 3 is 2.82 bits per heavy atom. The molecule has 0 aliphatic carbocycles. The van der Waals surface area contributed by atoms with E-state index in [2.05, 4.69) is 5.32 Å². The molecule has 1 heterocycles. The second-order valence-electron chi connectivity index (χ2n) is 5.05. The van der Waals surface area contributed by atoms with Gasteiger partial charge >= 0.3 is 0 Å². The molecule has 5 heteroatoms. The summed E-state index contributed by atoms with van der Waals surface area (Å²) < 4.78 is 18.5. The van der Waals surface area contributed by atoms with Crippen LogP contribution in [-0.4, -0.2) is 17.9 Å². The van der Waals surface area contributed by atoms with E-state index in [1.807, 2.05) is 26.8 Å². The highest BCUT2D eigenvalue weighted by Gasteiger charge is 2.42. The monoisotopic (exact) mass is 273 g/mol. The predicted molar refractivity (Wildman–Crippen MR) is 71.3 cm³/mol. The van der Waals surface area contributed by atoms with E-state index >= 15 is 0 Å². The van der Waals surface area contributed by atoms with Crippen LogP contribution in [0, 0.1) is 0 Å². The first kappa shape index (κ1) is 13.1. The highest BCUT2D eigenvalue weighted by atomic mass is 35.5. The van der Waals surface area contributed by atoms with Crippen molar-refractivity contribution >= 4 is 24.3 Å². The van der Waals surface area contributed by atoms with Gasteiger partial charge in [0.15, 0.2) is 0 Å². The fourth-order valence-corrected chi connectivity index (χ4v) is 4.76. The molecule has 0 aromatic heterocycles. The van der Waals surface area contributed by atoms with E-state index in [9.17, 15) is 4.57 Å². The molecule has 0 unspecified atom stereocenters. The Balaban J connectivity index is 2.35. The minimum absolute atomic E-state index is 0.147. The second-order valence-corrected chi connectivity index (χ2v) is 8.23. The molecular weight excluding hydrogens is 257 g/mol. The van der Waals surface area contributed by atoms with Gasteiger partial charge in [-0.1, -0.05) is 17.7 Å². The van der Waals surface area contributed by atoms with Gasteiger partial charge in [-0.25, -0.2) is 0 Å². The Kier molecular flexibility index (Phi) is 3.39. The van der Waals surface area contributed by atoms with Crippen molar-refractivity contribution in [3.05, 3.63) is 29.3 Å². The van der Waals surface area contributed by atoms with E-state index in [-0.39, 0.29) is 11.3 Å². The maximum absolute atomic E-state index is 12.9. The molecule has 2 atom stereocenters.